The molecule has 34 heavy (non-hydrogen) atoms. The maximum atomic E-state index is 12.7. The zero-order chi connectivity index (χ0) is 23.5. The van der Waals surface area contributed by atoms with E-state index in [1.807, 2.05) is 24.3 Å². The number of piperidine rings is 1. The standard InChI is InChI=1S/C25H31BrN6O2/c1-32-12-10-18(11-13-32)29-25-30-22-20(26)14-27-24(33)21(22)23(31-25)28-17-6-8-19(9-7-17)34-15-16-4-2-3-5-16/h6-9,14,16,18H,2-5,10-13,15H2,1H3,(H,27,33)(H2,28,29,30,31). The third-order valence-electron chi connectivity index (χ3n) is 6.82. The first-order chi connectivity index (χ1) is 16.5. The van der Waals surface area contributed by atoms with Crippen LogP contribution in [-0.4, -0.2) is 52.6 Å². The van der Waals surface area contributed by atoms with Crippen LogP contribution in [-0.2, 0) is 0 Å². The first-order valence-corrected chi connectivity index (χ1v) is 12.9. The molecule has 3 aromatic rings. The van der Waals surface area contributed by atoms with Crippen LogP contribution in [0, 0.1) is 5.92 Å². The van der Waals surface area contributed by atoms with Gasteiger partial charge in [0.15, 0.2) is 0 Å². The molecule has 1 aromatic carbocycles. The van der Waals surface area contributed by atoms with Gasteiger partial charge >= 0.3 is 0 Å². The van der Waals surface area contributed by atoms with E-state index in [2.05, 4.69) is 48.5 Å². The minimum atomic E-state index is -0.233. The van der Waals surface area contributed by atoms with Crippen molar-refractivity contribution in [2.45, 2.75) is 44.6 Å². The Labute approximate surface area is 207 Å². The van der Waals surface area contributed by atoms with Crippen LogP contribution < -0.4 is 20.9 Å². The highest BCUT2D eigenvalue weighted by Gasteiger charge is 2.20. The summed E-state index contributed by atoms with van der Waals surface area (Å²) in [7, 11) is 2.14. The molecule has 2 aliphatic rings. The monoisotopic (exact) mass is 526 g/mol. The third kappa shape index (κ3) is 5.36. The van der Waals surface area contributed by atoms with E-state index in [0.717, 1.165) is 48.4 Å². The van der Waals surface area contributed by atoms with Crippen molar-refractivity contribution >= 4 is 44.3 Å². The van der Waals surface area contributed by atoms with E-state index in [-0.39, 0.29) is 5.56 Å². The summed E-state index contributed by atoms with van der Waals surface area (Å²) in [6.45, 7) is 2.85. The van der Waals surface area contributed by atoms with Crippen LogP contribution >= 0.6 is 15.9 Å². The van der Waals surface area contributed by atoms with E-state index in [0.29, 0.717) is 34.6 Å². The molecule has 3 N–H and O–H groups in total. The second-order valence-electron chi connectivity index (χ2n) is 9.42. The molecule has 2 aromatic heterocycles. The van der Waals surface area contributed by atoms with Gasteiger partial charge in [0.05, 0.1) is 16.6 Å². The van der Waals surface area contributed by atoms with Crippen molar-refractivity contribution in [1.82, 2.24) is 19.9 Å². The highest BCUT2D eigenvalue weighted by molar-refractivity contribution is 9.10. The van der Waals surface area contributed by atoms with Crippen molar-refractivity contribution in [3.05, 3.63) is 45.3 Å². The number of hydrogen-bond acceptors (Lipinski definition) is 7. The number of aromatic amines is 1. The molecule has 1 saturated carbocycles. The molecule has 2 fully saturated rings. The third-order valence-corrected chi connectivity index (χ3v) is 7.43. The van der Waals surface area contributed by atoms with Gasteiger partial charge in [-0.05, 0) is 91.9 Å². The number of fused-ring (bicyclic) bond motifs is 1. The predicted molar refractivity (Wildman–Crippen MR) is 139 cm³/mol. The average molecular weight is 527 g/mol. The molecule has 9 heteroatoms. The van der Waals surface area contributed by atoms with Crippen LogP contribution in [0.3, 0.4) is 0 Å². The molecule has 3 heterocycles. The Morgan fingerprint density at radius 3 is 2.59 bits per heavy atom. The summed E-state index contributed by atoms with van der Waals surface area (Å²) in [5.74, 6) is 2.52. The molecule has 1 saturated heterocycles. The smallest absolute Gasteiger partial charge is 0.261 e. The lowest BCUT2D eigenvalue weighted by Crippen LogP contribution is -2.37. The lowest BCUT2D eigenvalue weighted by atomic mass is 10.1. The van der Waals surface area contributed by atoms with Crippen LogP contribution in [0.15, 0.2) is 39.7 Å². The van der Waals surface area contributed by atoms with E-state index in [1.165, 1.54) is 25.7 Å². The second kappa shape index (κ2) is 10.3. The van der Waals surface area contributed by atoms with Gasteiger partial charge in [-0.15, -0.1) is 0 Å². The molecule has 1 aliphatic heterocycles. The fraction of sp³-hybridized carbons (Fsp3) is 0.480. The minimum absolute atomic E-state index is 0.233. The topological polar surface area (TPSA) is 95.2 Å². The number of likely N-dealkylation sites (tertiary alicyclic amines) is 1. The van der Waals surface area contributed by atoms with E-state index < -0.39 is 0 Å². The number of anilines is 3. The Morgan fingerprint density at radius 1 is 1.12 bits per heavy atom. The predicted octanol–water partition coefficient (Wildman–Crippen LogP) is 4.90. The molecular weight excluding hydrogens is 496 g/mol. The number of hydrogen-bond donors (Lipinski definition) is 3. The number of nitrogens with one attached hydrogen (secondary N) is 3. The molecule has 5 rings (SSSR count). The molecule has 0 amide bonds. The molecule has 1 aliphatic carbocycles. The van der Waals surface area contributed by atoms with E-state index >= 15 is 0 Å². The fourth-order valence-electron chi connectivity index (χ4n) is 4.77. The van der Waals surface area contributed by atoms with Gasteiger partial charge in [0.2, 0.25) is 5.95 Å². The lowest BCUT2D eigenvalue weighted by Gasteiger charge is -2.29. The Kier molecular flexibility index (Phi) is 7.01. The Balaban J connectivity index is 1.37. The van der Waals surface area contributed by atoms with Crippen molar-refractivity contribution in [3.8, 4) is 5.75 Å². The van der Waals surface area contributed by atoms with Gasteiger partial charge < -0.3 is 25.3 Å². The quantitative estimate of drug-likeness (QED) is 0.402. The van der Waals surface area contributed by atoms with Crippen molar-refractivity contribution in [1.29, 1.82) is 0 Å². The molecule has 0 radical (unpaired) electrons. The van der Waals surface area contributed by atoms with E-state index in [4.69, 9.17) is 9.72 Å². The molecule has 0 bridgehead atoms. The maximum Gasteiger partial charge on any atom is 0.261 e. The first kappa shape index (κ1) is 23.1. The minimum Gasteiger partial charge on any atom is -0.493 e. The largest absolute Gasteiger partial charge is 0.493 e. The van der Waals surface area contributed by atoms with Crippen LogP contribution in [0.5, 0.6) is 5.75 Å². The second-order valence-corrected chi connectivity index (χ2v) is 10.3. The van der Waals surface area contributed by atoms with Gasteiger partial charge in [-0.3, -0.25) is 4.79 Å². The van der Waals surface area contributed by atoms with Crippen LogP contribution in [0.2, 0.25) is 0 Å². The van der Waals surface area contributed by atoms with Gasteiger partial charge in [-0.1, -0.05) is 12.8 Å². The van der Waals surface area contributed by atoms with Gasteiger partial charge in [-0.2, -0.15) is 4.98 Å². The number of H-pyrrole nitrogens is 1. The highest BCUT2D eigenvalue weighted by atomic mass is 79.9. The maximum absolute atomic E-state index is 12.7. The molecule has 0 atom stereocenters. The zero-order valence-electron chi connectivity index (χ0n) is 19.4. The zero-order valence-corrected chi connectivity index (χ0v) is 21.0. The number of benzene rings is 1. The summed E-state index contributed by atoms with van der Waals surface area (Å²) >= 11 is 3.53. The number of ether oxygens (including phenoxy) is 1. The van der Waals surface area contributed by atoms with Crippen molar-refractivity contribution in [2.24, 2.45) is 5.92 Å². The molecule has 0 spiro atoms. The highest BCUT2D eigenvalue weighted by Crippen LogP contribution is 2.29. The number of rotatable bonds is 7. The van der Waals surface area contributed by atoms with Crippen molar-refractivity contribution in [3.63, 3.8) is 0 Å². The molecule has 8 nitrogen and oxygen atoms in total. The van der Waals surface area contributed by atoms with Gasteiger partial charge in [0.1, 0.15) is 17.0 Å². The SMILES string of the molecule is CN1CCC(Nc2nc(Nc3ccc(OCC4CCCC4)cc3)c3c(=O)[nH]cc(Br)c3n2)CC1. The Morgan fingerprint density at radius 2 is 1.85 bits per heavy atom. The lowest BCUT2D eigenvalue weighted by molar-refractivity contribution is 0.252. The normalized spacial score (nSPS) is 17.8. The van der Waals surface area contributed by atoms with Crippen molar-refractivity contribution in [2.75, 3.05) is 37.4 Å². The van der Waals surface area contributed by atoms with Crippen LogP contribution in [0.4, 0.5) is 17.5 Å². The number of nitrogens with zero attached hydrogens (tertiary/aromatic N) is 3. The van der Waals surface area contributed by atoms with Crippen molar-refractivity contribution < 1.29 is 4.74 Å². The number of aromatic nitrogens is 3. The van der Waals surface area contributed by atoms with E-state index in [9.17, 15) is 4.79 Å². The Bertz CT molecular complexity index is 1180. The summed E-state index contributed by atoms with van der Waals surface area (Å²) < 4.78 is 6.70. The van der Waals surface area contributed by atoms with Gasteiger partial charge in [-0.25, -0.2) is 4.98 Å². The summed E-state index contributed by atoms with van der Waals surface area (Å²) in [5.41, 5.74) is 1.18. The molecule has 0 unspecified atom stereocenters. The summed E-state index contributed by atoms with van der Waals surface area (Å²) in [6, 6.07) is 8.12. The van der Waals surface area contributed by atoms with Gasteiger partial charge in [0, 0.05) is 17.9 Å². The molecular formula is C25H31BrN6O2. The van der Waals surface area contributed by atoms with E-state index in [1.54, 1.807) is 6.20 Å². The summed E-state index contributed by atoms with van der Waals surface area (Å²) in [6.07, 6.45) is 8.83. The summed E-state index contributed by atoms with van der Waals surface area (Å²) in [4.78, 5) is 27.2. The molecule has 180 valence electrons. The van der Waals surface area contributed by atoms with Crippen LogP contribution in [0.1, 0.15) is 38.5 Å². The average Bonchev–Trinajstić information content (AvgIpc) is 3.36. The van der Waals surface area contributed by atoms with Gasteiger partial charge in [0.25, 0.3) is 5.56 Å². The first-order valence-electron chi connectivity index (χ1n) is 12.1. The number of pyridine rings is 1. The summed E-state index contributed by atoms with van der Waals surface area (Å²) in [5, 5.41) is 7.23. The Hall–Kier alpha value is -2.65. The van der Waals surface area contributed by atoms with Crippen LogP contribution in [0.25, 0.3) is 10.9 Å². The fourth-order valence-corrected chi connectivity index (χ4v) is 5.17. The number of halogens is 1.